The molecule has 2 atom stereocenters. The van der Waals surface area contributed by atoms with Crippen molar-refractivity contribution < 1.29 is 9.47 Å². The first-order chi connectivity index (χ1) is 9.22. The SMILES string of the molecule is COc1ccc(C(C(C)N)N2CCCOCC2)cc1. The van der Waals surface area contributed by atoms with Gasteiger partial charge in [-0.2, -0.15) is 0 Å². The minimum absolute atomic E-state index is 0.0893. The van der Waals surface area contributed by atoms with E-state index in [4.69, 9.17) is 15.2 Å². The van der Waals surface area contributed by atoms with Gasteiger partial charge in [-0.1, -0.05) is 12.1 Å². The number of methoxy groups -OCH3 is 1. The van der Waals surface area contributed by atoms with Crippen molar-refractivity contribution in [2.75, 3.05) is 33.4 Å². The molecule has 4 heteroatoms. The molecule has 2 unspecified atom stereocenters. The predicted octanol–water partition coefficient (Wildman–Crippen LogP) is 1.81. The largest absolute Gasteiger partial charge is 0.497 e. The molecule has 0 amide bonds. The van der Waals surface area contributed by atoms with Crippen molar-refractivity contribution in [2.45, 2.75) is 25.4 Å². The van der Waals surface area contributed by atoms with E-state index in [-0.39, 0.29) is 12.1 Å². The zero-order valence-electron chi connectivity index (χ0n) is 11.8. The molecule has 1 saturated heterocycles. The minimum atomic E-state index is 0.0893. The van der Waals surface area contributed by atoms with Gasteiger partial charge in [0.05, 0.1) is 13.7 Å². The van der Waals surface area contributed by atoms with E-state index in [1.54, 1.807) is 7.11 Å². The molecule has 2 rings (SSSR count). The summed E-state index contributed by atoms with van der Waals surface area (Å²) in [4.78, 5) is 2.43. The molecular formula is C15H24N2O2. The number of nitrogens with two attached hydrogens (primary N) is 1. The summed E-state index contributed by atoms with van der Waals surface area (Å²) >= 11 is 0. The normalized spacial score (nSPS) is 20.6. The number of hydrogen-bond donors (Lipinski definition) is 1. The fourth-order valence-electron chi connectivity index (χ4n) is 2.69. The average molecular weight is 264 g/mol. The summed E-state index contributed by atoms with van der Waals surface area (Å²) in [6.07, 6.45) is 1.07. The van der Waals surface area contributed by atoms with Gasteiger partial charge >= 0.3 is 0 Å². The lowest BCUT2D eigenvalue weighted by Gasteiger charge is -2.33. The van der Waals surface area contributed by atoms with Gasteiger partial charge in [-0.15, -0.1) is 0 Å². The predicted molar refractivity (Wildman–Crippen MR) is 76.4 cm³/mol. The van der Waals surface area contributed by atoms with Crippen molar-refractivity contribution in [1.29, 1.82) is 0 Å². The highest BCUT2D eigenvalue weighted by atomic mass is 16.5. The van der Waals surface area contributed by atoms with Crippen LogP contribution in [0.25, 0.3) is 0 Å². The Morgan fingerprint density at radius 2 is 1.95 bits per heavy atom. The van der Waals surface area contributed by atoms with Gasteiger partial charge < -0.3 is 15.2 Å². The molecule has 0 spiro atoms. The van der Waals surface area contributed by atoms with Crippen molar-refractivity contribution in [3.05, 3.63) is 29.8 Å². The molecule has 1 aromatic carbocycles. The Morgan fingerprint density at radius 3 is 2.58 bits per heavy atom. The topological polar surface area (TPSA) is 47.7 Å². The molecule has 1 aliphatic rings. The summed E-state index contributed by atoms with van der Waals surface area (Å²) in [5.74, 6) is 0.881. The molecule has 1 aromatic rings. The van der Waals surface area contributed by atoms with Crippen LogP contribution < -0.4 is 10.5 Å². The highest BCUT2D eigenvalue weighted by Crippen LogP contribution is 2.26. The first-order valence-corrected chi connectivity index (χ1v) is 6.93. The zero-order valence-corrected chi connectivity index (χ0v) is 11.8. The summed E-state index contributed by atoms with van der Waals surface area (Å²) in [6.45, 7) is 5.70. The molecule has 4 nitrogen and oxygen atoms in total. The first-order valence-electron chi connectivity index (χ1n) is 6.93. The maximum Gasteiger partial charge on any atom is 0.118 e. The quantitative estimate of drug-likeness (QED) is 0.901. The number of rotatable bonds is 4. The van der Waals surface area contributed by atoms with Crippen LogP contribution >= 0.6 is 0 Å². The molecule has 1 aliphatic heterocycles. The molecule has 1 heterocycles. The van der Waals surface area contributed by atoms with E-state index in [1.165, 1.54) is 5.56 Å². The van der Waals surface area contributed by atoms with E-state index < -0.39 is 0 Å². The van der Waals surface area contributed by atoms with E-state index in [0.717, 1.165) is 38.5 Å². The first kappa shape index (κ1) is 14.3. The third kappa shape index (κ3) is 3.69. The average Bonchev–Trinajstić information content (AvgIpc) is 2.68. The van der Waals surface area contributed by atoms with Gasteiger partial charge in [0.2, 0.25) is 0 Å². The fourth-order valence-corrected chi connectivity index (χ4v) is 2.69. The smallest absolute Gasteiger partial charge is 0.118 e. The Balaban J connectivity index is 2.17. The summed E-state index contributed by atoms with van der Waals surface area (Å²) in [6, 6.07) is 8.55. The Bertz CT molecular complexity index is 370. The summed E-state index contributed by atoms with van der Waals surface area (Å²) in [5.41, 5.74) is 7.46. The molecule has 0 bridgehead atoms. The maximum atomic E-state index is 6.21. The number of benzene rings is 1. The highest BCUT2D eigenvalue weighted by molar-refractivity contribution is 5.30. The van der Waals surface area contributed by atoms with Gasteiger partial charge in [0, 0.05) is 31.8 Å². The Labute approximate surface area is 115 Å². The lowest BCUT2D eigenvalue weighted by Crippen LogP contribution is -2.40. The molecule has 0 aliphatic carbocycles. The van der Waals surface area contributed by atoms with Gasteiger partial charge in [-0.3, -0.25) is 4.90 Å². The van der Waals surface area contributed by atoms with E-state index >= 15 is 0 Å². The highest BCUT2D eigenvalue weighted by Gasteiger charge is 2.24. The number of nitrogens with zero attached hydrogens (tertiary/aromatic N) is 1. The van der Waals surface area contributed by atoms with Crippen molar-refractivity contribution >= 4 is 0 Å². The molecule has 0 radical (unpaired) electrons. The van der Waals surface area contributed by atoms with Crippen LogP contribution in [0.5, 0.6) is 5.75 Å². The van der Waals surface area contributed by atoms with Crippen LogP contribution in [0, 0.1) is 0 Å². The van der Waals surface area contributed by atoms with E-state index in [2.05, 4.69) is 24.0 Å². The summed E-state index contributed by atoms with van der Waals surface area (Å²) in [7, 11) is 1.68. The molecule has 0 saturated carbocycles. The summed E-state index contributed by atoms with van der Waals surface area (Å²) in [5, 5.41) is 0. The third-order valence-electron chi connectivity index (χ3n) is 3.61. The van der Waals surface area contributed by atoms with Crippen LogP contribution in [0.3, 0.4) is 0 Å². The van der Waals surface area contributed by atoms with Gasteiger partial charge in [-0.05, 0) is 31.0 Å². The molecule has 0 aromatic heterocycles. The third-order valence-corrected chi connectivity index (χ3v) is 3.61. The zero-order chi connectivity index (χ0) is 13.7. The molecule has 19 heavy (non-hydrogen) atoms. The Kier molecular flexibility index (Phi) is 5.19. The van der Waals surface area contributed by atoms with Gasteiger partial charge in [0.25, 0.3) is 0 Å². The second-order valence-electron chi connectivity index (χ2n) is 5.08. The van der Waals surface area contributed by atoms with Crippen molar-refractivity contribution in [3.8, 4) is 5.75 Å². The Hall–Kier alpha value is -1.10. The summed E-state index contributed by atoms with van der Waals surface area (Å²) < 4.78 is 10.7. The monoisotopic (exact) mass is 264 g/mol. The van der Waals surface area contributed by atoms with Crippen molar-refractivity contribution in [3.63, 3.8) is 0 Å². The van der Waals surface area contributed by atoms with E-state index in [0.29, 0.717) is 0 Å². The number of hydrogen-bond acceptors (Lipinski definition) is 4. The van der Waals surface area contributed by atoms with Gasteiger partial charge in [0.15, 0.2) is 0 Å². The second-order valence-corrected chi connectivity index (χ2v) is 5.08. The Morgan fingerprint density at radius 1 is 1.21 bits per heavy atom. The van der Waals surface area contributed by atoms with Crippen LogP contribution in [0.1, 0.15) is 24.9 Å². The minimum Gasteiger partial charge on any atom is -0.497 e. The molecule has 106 valence electrons. The van der Waals surface area contributed by atoms with Crippen LogP contribution in [0.4, 0.5) is 0 Å². The fraction of sp³-hybridized carbons (Fsp3) is 0.600. The molecule has 1 fully saturated rings. The second kappa shape index (κ2) is 6.89. The van der Waals surface area contributed by atoms with E-state index in [1.807, 2.05) is 12.1 Å². The van der Waals surface area contributed by atoms with Crippen LogP contribution in [0.15, 0.2) is 24.3 Å². The van der Waals surface area contributed by atoms with Crippen LogP contribution in [-0.4, -0.2) is 44.4 Å². The maximum absolute atomic E-state index is 6.21. The van der Waals surface area contributed by atoms with Gasteiger partial charge in [0.1, 0.15) is 5.75 Å². The molecular weight excluding hydrogens is 240 g/mol. The lowest BCUT2D eigenvalue weighted by atomic mass is 9.99. The lowest BCUT2D eigenvalue weighted by molar-refractivity contribution is 0.127. The van der Waals surface area contributed by atoms with Gasteiger partial charge in [-0.25, -0.2) is 0 Å². The van der Waals surface area contributed by atoms with Crippen molar-refractivity contribution in [1.82, 2.24) is 4.90 Å². The number of ether oxygens (including phenoxy) is 2. The van der Waals surface area contributed by atoms with E-state index in [9.17, 15) is 0 Å². The van der Waals surface area contributed by atoms with Crippen LogP contribution in [-0.2, 0) is 4.74 Å². The molecule has 2 N–H and O–H groups in total. The van der Waals surface area contributed by atoms with Crippen molar-refractivity contribution in [2.24, 2.45) is 5.73 Å². The standard InChI is InChI=1S/C15H24N2O2/c1-12(16)15(17-8-3-10-19-11-9-17)13-4-6-14(18-2)7-5-13/h4-7,12,15H,3,8-11,16H2,1-2H3. The van der Waals surface area contributed by atoms with Crippen LogP contribution in [0.2, 0.25) is 0 Å².